The summed E-state index contributed by atoms with van der Waals surface area (Å²) in [5.74, 6) is 0.720. The zero-order valence-corrected chi connectivity index (χ0v) is 11.6. The monoisotopic (exact) mass is 238 g/mol. The van der Waals surface area contributed by atoms with Gasteiger partial charge in [0.05, 0.1) is 6.61 Å². The van der Waals surface area contributed by atoms with Crippen LogP contribution in [-0.4, -0.2) is 12.6 Å². The standard InChI is InChI=1S/C15H26O2/c1-4-17-13(16)7-6-12-14(2,3)8-5-9-15(12)10-11-15/h12H,4-11H2,1-3H3. The zero-order chi connectivity index (χ0) is 12.5. The van der Waals surface area contributed by atoms with Gasteiger partial charge in [-0.25, -0.2) is 0 Å². The predicted molar refractivity (Wildman–Crippen MR) is 68.7 cm³/mol. The van der Waals surface area contributed by atoms with Gasteiger partial charge in [0.25, 0.3) is 0 Å². The summed E-state index contributed by atoms with van der Waals surface area (Å²) < 4.78 is 5.05. The highest BCUT2D eigenvalue weighted by Gasteiger charge is 2.55. The van der Waals surface area contributed by atoms with Gasteiger partial charge in [-0.05, 0) is 55.8 Å². The minimum atomic E-state index is -0.00956. The van der Waals surface area contributed by atoms with Gasteiger partial charge in [0.1, 0.15) is 0 Å². The van der Waals surface area contributed by atoms with Crippen molar-refractivity contribution in [3.05, 3.63) is 0 Å². The topological polar surface area (TPSA) is 26.3 Å². The van der Waals surface area contributed by atoms with Crippen molar-refractivity contribution in [2.45, 2.75) is 65.7 Å². The van der Waals surface area contributed by atoms with E-state index in [9.17, 15) is 4.79 Å². The van der Waals surface area contributed by atoms with E-state index in [4.69, 9.17) is 4.74 Å². The lowest BCUT2D eigenvalue weighted by atomic mass is 9.60. The molecule has 1 spiro atoms. The lowest BCUT2D eigenvalue weighted by Gasteiger charge is -2.45. The Morgan fingerprint density at radius 3 is 2.53 bits per heavy atom. The van der Waals surface area contributed by atoms with E-state index in [0.717, 1.165) is 12.3 Å². The first kappa shape index (κ1) is 12.9. The second-order valence-corrected chi connectivity index (χ2v) is 6.60. The molecule has 0 aromatic heterocycles. The molecule has 0 saturated heterocycles. The summed E-state index contributed by atoms with van der Waals surface area (Å²) in [7, 11) is 0. The number of ether oxygens (including phenoxy) is 1. The molecule has 0 N–H and O–H groups in total. The largest absolute Gasteiger partial charge is 0.466 e. The molecular formula is C15H26O2. The molecule has 0 aromatic carbocycles. The molecule has 1 unspecified atom stereocenters. The van der Waals surface area contributed by atoms with E-state index in [1.165, 1.54) is 32.1 Å². The van der Waals surface area contributed by atoms with Gasteiger partial charge in [0.2, 0.25) is 0 Å². The van der Waals surface area contributed by atoms with Crippen molar-refractivity contribution in [1.29, 1.82) is 0 Å². The lowest BCUT2D eigenvalue weighted by Crippen LogP contribution is -2.36. The second kappa shape index (κ2) is 4.62. The average Bonchev–Trinajstić information content (AvgIpc) is 2.97. The molecule has 0 amide bonds. The van der Waals surface area contributed by atoms with Crippen LogP contribution in [0.25, 0.3) is 0 Å². The Labute approximate surface area is 105 Å². The molecule has 1 atom stereocenters. The van der Waals surface area contributed by atoms with Gasteiger partial charge in [0, 0.05) is 6.42 Å². The smallest absolute Gasteiger partial charge is 0.305 e. The van der Waals surface area contributed by atoms with Gasteiger partial charge >= 0.3 is 5.97 Å². The molecule has 2 saturated carbocycles. The summed E-state index contributed by atoms with van der Waals surface area (Å²) in [6, 6.07) is 0. The highest BCUT2D eigenvalue weighted by Crippen LogP contribution is 2.65. The van der Waals surface area contributed by atoms with Gasteiger partial charge in [-0.3, -0.25) is 4.79 Å². The maximum absolute atomic E-state index is 11.5. The molecule has 0 bridgehead atoms. The van der Waals surface area contributed by atoms with Crippen LogP contribution >= 0.6 is 0 Å². The third-order valence-electron chi connectivity index (χ3n) is 5.01. The van der Waals surface area contributed by atoms with E-state index in [1.54, 1.807) is 0 Å². The third kappa shape index (κ3) is 2.66. The number of rotatable bonds is 4. The second-order valence-electron chi connectivity index (χ2n) is 6.60. The molecule has 98 valence electrons. The Morgan fingerprint density at radius 1 is 1.24 bits per heavy atom. The number of hydrogen-bond acceptors (Lipinski definition) is 2. The fourth-order valence-electron chi connectivity index (χ4n) is 4.02. The fourth-order valence-corrected chi connectivity index (χ4v) is 4.02. The summed E-state index contributed by atoms with van der Waals surface area (Å²) in [6.45, 7) is 7.17. The molecule has 0 radical (unpaired) electrons. The van der Waals surface area contributed by atoms with Crippen molar-refractivity contribution in [3.8, 4) is 0 Å². The van der Waals surface area contributed by atoms with Gasteiger partial charge in [0.15, 0.2) is 0 Å². The number of hydrogen-bond donors (Lipinski definition) is 0. The summed E-state index contributed by atoms with van der Waals surface area (Å²) in [4.78, 5) is 11.5. The lowest BCUT2D eigenvalue weighted by molar-refractivity contribution is -0.144. The number of carbonyl (C=O) groups is 1. The van der Waals surface area contributed by atoms with Crippen molar-refractivity contribution in [1.82, 2.24) is 0 Å². The normalized spacial score (nSPS) is 29.0. The van der Waals surface area contributed by atoms with Crippen LogP contribution in [0.2, 0.25) is 0 Å². The molecule has 2 nitrogen and oxygen atoms in total. The van der Waals surface area contributed by atoms with Crippen molar-refractivity contribution >= 4 is 5.97 Å². The summed E-state index contributed by atoms with van der Waals surface area (Å²) in [5, 5.41) is 0. The Kier molecular flexibility index (Phi) is 3.51. The molecule has 0 aromatic rings. The summed E-state index contributed by atoms with van der Waals surface area (Å²) in [6.07, 6.45) is 8.53. The van der Waals surface area contributed by atoms with Crippen LogP contribution in [0.5, 0.6) is 0 Å². The maximum atomic E-state index is 11.5. The molecule has 2 rings (SSSR count). The van der Waals surface area contributed by atoms with Crippen molar-refractivity contribution in [2.75, 3.05) is 6.61 Å². The average molecular weight is 238 g/mol. The molecule has 2 fully saturated rings. The molecule has 17 heavy (non-hydrogen) atoms. The predicted octanol–water partition coefficient (Wildman–Crippen LogP) is 3.94. The highest BCUT2D eigenvalue weighted by molar-refractivity contribution is 5.69. The molecule has 0 heterocycles. The summed E-state index contributed by atoms with van der Waals surface area (Å²) >= 11 is 0. The Balaban J connectivity index is 1.94. The third-order valence-corrected chi connectivity index (χ3v) is 5.01. The van der Waals surface area contributed by atoms with Crippen LogP contribution < -0.4 is 0 Å². The molecule has 2 aliphatic carbocycles. The van der Waals surface area contributed by atoms with E-state index in [-0.39, 0.29) is 5.97 Å². The molecular weight excluding hydrogens is 212 g/mol. The minimum absolute atomic E-state index is 0.00956. The first-order valence-electron chi connectivity index (χ1n) is 7.16. The van der Waals surface area contributed by atoms with Gasteiger partial charge in [-0.15, -0.1) is 0 Å². The van der Waals surface area contributed by atoms with Crippen LogP contribution in [0.3, 0.4) is 0 Å². The molecule has 2 heteroatoms. The van der Waals surface area contributed by atoms with E-state index in [2.05, 4.69) is 13.8 Å². The van der Waals surface area contributed by atoms with Gasteiger partial charge < -0.3 is 4.74 Å². The quantitative estimate of drug-likeness (QED) is 0.693. The number of carbonyl (C=O) groups excluding carboxylic acids is 1. The van der Waals surface area contributed by atoms with E-state index in [1.807, 2.05) is 6.92 Å². The Hall–Kier alpha value is -0.530. The van der Waals surface area contributed by atoms with E-state index >= 15 is 0 Å². The van der Waals surface area contributed by atoms with Crippen molar-refractivity contribution in [3.63, 3.8) is 0 Å². The summed E-state index contributed by atoms with van der Waals surface area (Å²) in [5.41, 5.74) is 1.02. The first-order valence-corrected chi connectivity index (χ1v) is 7.16. The molecule has 0 aliphatic heterocycles. The highest BCUT2D eigenvalue weighted by atomic mass is 16.5. The van der Waals surface area contributed by atoms with Crippen LogP contribution in [0.1, 0.15) is 65.7 Å². The van der Waals surface area contributed by atoms with Crippen LogP contribution in [-0.2, 0) is 9.53 Å². The first-order chi connectivity index (χ1) is 8.00. The minimum Gasteiger partial charge on any atom is -0.466 e. The van der Waals surface area contributed by atoms with Gasteiger partial charge in [-0.2, -0.15) is 0 Å². The fraction of sp³-hybridized carbons (Fsp3) is 0.933. The van der Waals surface area contributed by atoms with Crippen molar-refractivity contribution in [2.24, 2.45) is 16.7 Å². The number of esters is 1. The SMILES string of the molecule is CCOC(=O)CCC1C(C)(C)CCCC12CC2. The van der Waals surface area contributed by atoms with Gasteiger partial charge in [-0.1, -0.05) is 20.3 Å². The van der Waals surface area contributed by atoms with E-state index < -0.39 is 0 Å². The zero-order valence-electron chi connectivity index (χ0n) is 11.6. The van der Waals surface area contributed by atoms with E-state index in [0.29, 0.717) is 23.9 Å². The molecule has 2 aliphatic rings. The van der Waals surface area contributed by atoms with Crippen molar-refractivity contribution < 1.29 is 9.53 Å². The van der Waals surface area contributed by atoms with Crippen LogP contribution in [0, 0.1) is 16.7 Å². The maximum Gasteiger partial charge on any atom is 0.305 e. The Bertz CT molecular complexity index is 283. The van der Waals surface area contributed by atoms with Crippen LogP contribution in [0.4, 0.5) is 0 Å². The Morgan fingerprint density at radius 2 is 1.94 bits per heavy atom. The van der Waals surface area contributed by atoms with Crippen LogP contribution in [0.15, 0.2) is 0 Å².